The number of fused-ring (bicyclic) bond motifs is 1. The molecule has 0 amide bonds. The van der Waals surface area contributed by atoms with Crippen LogP contribution in [0.3, 0.4) is 0 Å². The topological polar surface area (TPSA) is 70.9 Å². The minimum absolute atomic E-state index is 0.0101. The summed E-state index contributed by atoms with van der Waals surface area (Å²) in [6.45, 7) is -0.0101. The highest BCUT2D eigenvalue weighted by Crippen LogP contribution is 2.18. The summed E-state index contributed by atoms with van der Waals surface area (Å²) in [7, 11) is 0. The summed E-state index contributed by atoms with van der Waals surface area (Å²) in [5.41, 5.74) is 1.41. The number of nitrogens with one attached hydrogen (secondary N) is 1. The molecule has 0 fully saturated rings. The fraction of sp³-hybridized carbons (Fsp3) is 0.235. The molecule has 0 aliphatic rings. The van der Waals surface area contributed by atoms with Crippen LogP contribution < -0.4 is 5.56 Å². The van der Waals surface area contributed by atoms with Crippen LogP contribution in [0.15, 0.2) is 53.5 Å². The number of aliphatic hydroxyl groups excluding tert-OH is 1. The Hall–Kier alpha value is -2.31. The van der Waals surface area contributed by atoms with Gasteiger partial charge in [-0.3, -0.25) is 9.36 Å². The molecule has 5 nitrogen and oxygen atoms in total. The smallest absolute Gasteiger partial charge is 0.264 e. The summed E-state index contributed by atoms with van der Waals surface area (Å²) >= 11 is 5.36. The summed E-state index contributed by atoms with van der Waals surface area (Å²) in [4.78, 5) is 20.0. The Morgan fingerprint density at radius 3 is 2.74 bits per heavy atom. The molecule has 2 heterocycles. The molecule has 3 rings (SSSR count). The summed E-state index contributed by atoms with van der Waals surface area (Å²) in [5.74, 6) is 0. The zero-order valence-electron chi connectivity index (χ0n) is 12.5. The predicted octanol–water partition coefficient (Wildman–Crippen LogP) is 2.62. The highest BCUT2D eigenvalue weighted by atomic mass is 32.1. The molecule has 0 saturated heterocycles. The predicted molar refractivity (Wildman–Crippen MR) is 92.1 cm³/mol. The van der Waals surface area contributed by atoms with Crippen molar-refractivity contribution in [1.29, 1.82) is 0 Å². The number of aliphatic hydroxyl groups is 1. The Labute approximate surface area is 138 Å². The minimum atomic E-state index is -0.205. The van der Waals surface area contributed by atoms with Crippen LogP contribution in [-0.4, -0.2) is 26.2 Å². The number of hydrogen-bond donors (Lipinski definition) is 2. The molecule has 3 aromatic rings. The average Bonchev–Trinajstić information content (AvgIpc) is 2.56. The van der Waals surface area contributed by atoms with Gasteiger partial charge in [0.15, 0.2) is 4.77 Å². The summed E-state index contributed by atoms with van der Waals surface area (Å²) in [6.07, 6.45) is 2.70. The van der Waals surface area contributed by atoms with Crippen molar-refractivity contribution in [2.75, 3.05) is 6.61 Å². The Morgan fingerprint density at radius 1 is 1.22 bits per heavy atom. The Balaban J connectivity index is 2.11. The molecule has 1 aromatic carbocycles. The largest absolute Gasteiger partial charge is 0.396 e. The molecule has 0 aliphatic heterocycles. The van der Waals surface area contributed by atoms with Gasteiger partial charge in [0.1, 0.15) is 5.65 Å². The van der Waals surface area contributed by atoms with Crippen LogP contribution >= 0.6 is 12.2 Å². The third kappa shape index (κ3) is 3.23. The Kier molecular flexibility index (Phi) is 4.64. The van der Waals surface area contributed by atoms with Crippen molar-refractivity contribution in [2.24, 2.45) is 0 Å². The van der Waals surface area contributed by atoms with Crippen molar-refractivity contribution in [2.45, 2.75) is 18.9 Å². The first-order valence-electron chi connectivity index (χ1n) is 7.45. The van der Waals surface area contributed by atoms with Gasteiger partial charge in [-0.25, -0.2) is 4.98 Å². The number of rotatable bonds is 5. The number of hydrogen-bond acceptors (Lipinski definition) is 4. The van der Waals surface area contributed by atoms with E-state index in [9.17, 15) is 9.90 Å². The number of nitrogens with zero attached hydrogens (tertiary/aromatic N) is 2. The van der Waals surface area contributed by atoms with Crippen LogP contribution in [0, 0.1) is 4.77 Å². The van der Waals surface area contributed by atoms with Crippen LogP contribution in [0.5, 0.6) is 0 Å². The molecule has 0 saturated carbocycles. The van der Waals surface area contributed by atoms with E-state index in [4.69, 9.17) is 12.2 Å². The molecule has 1 unspecified atom stereocenters. The van der Waals surface area contributed by atoms with Crippen molar-refractivity contribution in [3.63, 3.8) is 0 Å². The maximum absolute atomic E-state index is 12.8. The molecule has 2 N–H and O–H groups in total. The lowest BCUT2D eigenvalue weighted by atomic mass is 10.0. The third-order valence-electron chi connectivity index (χ3n) is 3.84. The van der Waals surface area contributed by atoms with Crippen molar-refractivity contribution >= 4 is 23.3 Å². The highest BCUT2D eigenvalue weighted by Gasteiger charge is 2.16. The normalized spacial score (nSPS) is 12.4. The van der Waals surface area contributed by atoms with E-state index in [2.05, 4.69) is 9.97 Å². The summed E-state index contributed by atoms with van der Waals surface area (Å²) in [6, 6.07) is 13.1. The van der Waals surface area contributed by atoms with Crippen molar-refractivity contribution in [3.8, 4) is 0 Å². The van der Waals surface area contributed by atoms with Crippen LogP contribution in [0.4, 0.5) is 0 Å². The SMILES string of the molecule is O=c1c2cccnc2[nH]c(=S)n1C(CCO)Cc1ccccc1. The van der Waals surface area contributed by atoms with E-state index < -0.39 is 0 Å². The molecule has 23 heavy (non-hydrogen) atoms. The van der Waals surface area contributed by atoms with E-state index >= 15 is 0 Å². The van der Waals surface area contributed by atoms with Gasteiger partial charge in [0, 0.05) is 18.8 Å². The summed E-state index contributed by atoms with van der Waals surface area (Å²) < 4.78 is 1.89. The van der Waals surface area contributed by atoms with Crippen molar-refractivity contribution in [1.82, 2.24) is 14.5 Å². The fourth-order valence-corrected chi connectivity index (χ4v) is 3.08. The molecule has 0 spiro atoms. The van der Waals surface area contributed by atoms with E-state index in [0.29, 0.717) is 28.6 Å². The van der Waals surface area contributed by atoms with Gasteiger partial charge in [-0.15, -0.1) is 0 Å². The maximum Gasteiger partial charge on any atom is 0.264 e. The quantitative estimate of drug-likeness (QED) is 0.707. The minimum Gasteiger partial charge on any atom is -0.396 e. The van der Waals surface area contributed by atoms with Crippen LogP contribution in [0.2, 0.25) is 0 Å². The van der Waals surface area contributed by atoms with E-state index in [1.165, 1.54) is 0 Å². The second kappa shape index (κ2) is 6.85. The van der Waals surface area contributed by atoms with Gasteiger partial charge in [-0.2, -0.15) is 0 Å². The zero-order chi connectivity index (χ0) is 16.2. The average molecular weight is 327 g/mol. The van der Waals surface area contributed by atoms with Gasteiger partial charge in [0.05, 0.1) is 5.39 Å². The number of pyridine rings is 1. The van der Waals surface area contributed by atoms with Crippen molar-refractivity contribution in [3.05, 3.63) is 69.3 Å². The number of benzene rings is 1. The van der Waals surface area contributed by atoms with E-state index in [0.717, 1.165) is 5.56 Å². The first-order chi connectivity index (χ1) is 11.2. The van der Waals surface area contributed by atoms with Gasteiger partial charge >= 0.3 is 0 Å². The number of aromatic amines is 1. The maximum atomic E-state index is 12.8. The van der Waals surface area contributed by atoms with Crippen LogP contribution in [0.25, 0.3) is 11.0 Å². The molecule has 0 radical (unpaired) electrons. The number of H-pyrrole nitrogens is 1. The van der Waals surface area contributed by atoms with Gasteiger partial charge in [0.2, 0.25) is 0 Å². The Morgan fingerprint density at radius 2 is 2.00 bits per heavy atom. The van der Waals surface area contributed by atoms with Gasteiger partial charge < -0.3 is 10.1 Å². The van der Waals surface area contributed by atoms with Gasteiger partial charge in [0.25, 0.3) is 5.56 Å². The Bertz CT molecular complexity index is 918. The zero-order valence-corrected chi connectivity index (χ0v) is 13.3. The second-order valence-corrected chi connectivity index (χ2v) is 5.75. The monoisotopic (exact) mass is 327 g/mol. The van der Waals surface area contributed by atoms with Crippen LogP contribution in [-0.2, 0) is 6.42 Å². The lowest BCUT2D eigenvalue weighted by Gasteiger charge is -2.19. The molecular formula is C17H17N3O2S. The first kappa shape index (κ1) is 15.6. The summed E-state index contributed by atoms with van der Waals surface area (Å²) in [5, 5.41) is 9.90. The third-order valence-corrected chi connectivity index (χ3v) is 4.14. The highest BCUT2D eigenvalue weighted by molar-refractivity contribution is 7.71. The van der Waals surface area contributed by atoms with E-state index in [-0.39, 0.29) is 18.2 Å². The first-order valence-corrected chi connectivity index (χ1v) is 7.86. The molecule has 0 bridgehead atoms. The van der Waals surface area contributed by atoms with E-state index in [1.807, 2.05) is 30.3 Å². The van der Waals surface area contributed by atoms with E-state index in [1.54, 1.807) is 22.9 Å². The lowest BCUT2D eigenvalue weighted by Crippen LogP contribution is -2.28. The lowest BCUT2D eigenvalue weighted by molar-refractivity contribution is 0.253. The molecule has 1 atom stereocenters. The van der Waals surface area contributed by atoms with Gasteiger partial charge in [-0.05, 0) is 42.8 Å². The van der Waals surface area contributed by atoms with Gasteiger partial charge in [-0.1, -0.05) is 30.3 Å². The standard InChI is InChI=1S/C17H17N3O2S/c21-10-8-13(11-12-5-2-1-3-6-12)20-16(22)14-7-4-9-18-15(14)19-17(20)23/h1-7,9,13,21H,8,10-11H2,(H,18,19,23). The molecule has 2 aromatic heterocycles. The molecule has 0 aliphatic carbocycles. The van der Waals surface area contributed by atoms with Crippen molar-refractivity contribution < 1.29 is 5.11 Å². The fourth-order valence-electron chi connectivity index (χ4n) is 2.75. The molecular weight excluding hydrogens is 310 g/mol. The molecule has 6 heteroatoms. The van der Waals surface area contributed by atoms with Crippen LogP contribution in [0.1, 0.15) is 18.0 Å². The second-order valence-electron chi connectivity index (χ2n) is 5.36. The molecule has 118 valence electrons. The number of aromatic nitrogens is 3.